The number of hydrazone groups is 1. The normalized spacial score (nSPS) is 12.2. The molecule has 1 aromatic heterocycles. The molecule has 0 amide bonds. The molecule has 8 nitrogen and oxygen atoms in total. The van der Waals surface area contributed by atoms with Crippen LogP contribution >= 0.6 is 0 Å². The van der Waals surface area contributed by atoms with Crippen molar-refractivity contribution in [1.82, 2.24) is 15.2 Å². The summed E-state index contributed by atoms with van der Waals surface area (Å²) in [5.74, 6) is 1.12. The lowest BCUT2D eigenvalue weighted by Gasteiger charge is -2.27. The summed E-state index contributed by atoms with van der Waals surface area (Å²) in [6.07, 6.45) is 1.63. The molecule has 1 heterocycles. The van der Waals surface area contributed by atoms with E-state index in [1.54, 1.807) is 37.6 Å². The topological polar surface area (TPSA) is 112 Å². The number of ether oxygens (including phenoxy) is 1. The molecule has 0 unspecified atom stereocenters. The highest BCUT2D eigenvalue weighted by molar-refractivity contribution is 5.82. The van der Waals surface area contributed by atoms with E-state index >= 15 is 0 Å². The monoisotopic (exact) mass is 449 g/mol. The van der Waals surface area contributed by atoms with Gasteiger partial charge in [0.25, 0.3) is 5.56 Å². The van der Waals surface area contributed by atoms with Crippen LogP contribution in [0.4, 0.5) is 5.95 Å². The molecule has 3 rings (SSSR count). The molecule has 174 valence electrons. The molecule has 33 heavy (non-hydrogen) atoms. The maximum absolute atomic E-state index is 12.5. The van der Waals surface area contributed by atoms with Crippen LogP contribution in [-0.4, -0.2) is 33.6 Å². The van der Waals surface area contributed by atoms with Gasteiger partial charge < -0.3 is 9.84 Å². The molecule has 0 aliphatic carbocycles. The Morgan fingerprint density at radius 2 is 1.58 bits per heavy atom. The maximum atomic E-state index is 12.5. The minimum Gasteiger partial charge on any atom is -0.507 e. The Balaban J connectivity index is 1.85. The Kier molecular flexibility index (Phi) is 6.58. The lowest BCUT2D eigenvalue weighted by atomic mass is 9.78. The fourth-order valence-electron chi connectivity index (χ4n) is 3.37. The van der Waals surface area contributed by atoms with Gasteiger partial charge in [0.15, 0.2) is 5.69 Å². The molecule has 0 bridgehead atoms. The molecule has 0 spiro atoms. The number of rotatable bonds is 5. The number of nitrogens with one attached hydrogen (secondary N) is 2. The minimum atomic E-state index is -0.387. The molecule has 0 fully saturated rings. The van der Waals surface area contributed by atoms with Crippen LogP contribution < -0.4 is 15.7 Å². The largest absolute Gasteiger partial charge is 0.507 e. The predicted molar refractivity (Wildman–Crippen MR) is 131 cm³/mol. The summed E-state index contributed by atoms with van der Waals surface area (Å²) in [6.45, 7) is 12.3. The number of anilines is 1. The molecule has 8 heteroatoms. The first-order valence-corrected chi connectivity index (χ1v) is 10.7. The Labute approximate surface area is 193 Å². The summed E-state index contributed by atoms with van der Waals surface area (Å²) in [4.78, 5) is 15.1. The Hall–Kier alpha value is -3.68. The van der Waals surface area contributed by atoms with Crippen LogP contribution in [0.25, 0.3) is 11.3 Å². The van der Waals surface area contributed by atoms with E-state index in [2.05, 4.69) is 67.3 Å². The van der Waals surface area contributed by atoms with E-state index in [4.69, 9.17) is 4.74 Å². The zero-order chi connectivity index (χ0) is 24.4. The van der Waals surface area contributed by atoms with Gasteiger partial charge >= 0.3 is 0 Å². The Morgan fingerprint density at radius 1 is 1.00 bits per heavy atom. The molecule has 0 aliphatic heterocycles. The van der Waals surface area contributed by atoms with Crippen LogP contribution in [0, 0.1) is 0 Å². The van der Waals surface area contributed by atoms with Crippen molar-refractivity contribution in [1.29, 1.82) is 0 Å². The first kappa shape index (κ1) is 24.0. The molecule has 2 aromatic carbocycles. The van der Waals surface area contributed by atoms with E-state index in [-0.39, 0.29) is 28.0 Å². The molecule has 3 aromatic rings. The van der Waals surface area contributed by atoms with Gasteiger partial charge in [0.2, 0.25) is 5.95 Å². The van der Waals surface area contributed by atoms with E-state index in [0.717, 1.165) is 16.7 Å². The van der Waals surface area contributed by atoms with Crippen molar-refractivity contribution in [2.24, 2.45) is 5.10 Å². The molecule has 0 saturated carbocycles. The average Bonchev–Trinajstić information content (AvgIpc) is 2.73. The number of nitrogens with zero attached hydrogens (tertiary/aromatic N) is 3. The standard InChI is InChI=1S/C25H31N5O3/c1-24(2,3)18-12-15(13-19(21(18)31)25(4,5)6)14-26-29-23-27-22(32)20(28-30-23)16-8-10-17(33-7)11-9-16/h8-14,31H,1-7H3,(H2,27,29,30,32)/b26-14+. The van der Waals surface area contributed by atoms with E-state index in [1.165, 1.54) is 0 Å². The SMILES string of the molecule is COc1ccc(-c2nnc(N/N=C/c3cc(C(C)(C)C)c(O)c(C(C)(C)C)c3)[nH]c2=O)cc1. The van der Waals surface area contributed by atoms with Crippen molar-refractivity contribution < 1.29 is 9.84 Å². The number of aromatic amines is 1. The lowest BCUT2D eigenvalue weighted by molar-refractivity contribution is 0.415. The number of phenols is 1. The average molecular weight is 450 g/mol. The number of methoxy groups -OCH3 is 1. The van der Waals surface area contributed by atoms with Crippen molar-refractivity contribution in [3.63, 3.8) is 0 Å². The summed E-state index contributed by atoms with van der Waals surface area (Å²) in [7, 11) is 1.58. The van der Waals surface area contributed by atoms with Gasteiger partial charge in [-0.05, 0) is 52.8 Å². The zero-order valence-electron chi connectivity index (χ0n) is 20.1. The highest BCUT2D eigenvalue weighted by Crippen LogP contribution is 2.39. The second kappa shape index (κ2) is 9.05. The van der Waals surface area contributed by atoms with Gasteiger partial charge in [-0.1, -0.05) is 41.5 Å². The first-order chi connectivity index (χ1) is 15.4. The van der Waals surface area contributed by atoms with E-state index in [1.807, 2.05) is 12.1 Å². The number of aromatic hydroxyl groups is 1. The summed E-state index contributed by atoms with van der Waals surface area (Å²) in [5.41, 5.74) is 5.19. The Morgan fingerprint density at radius 3 is 2.06 bits per heavy atom. The summed E-state index contributed by atoms with van der Waals surface area (Å²) in [5, 5.41) is 23.1. The van der Waals surface area contributed by atoms with Gasteiger partial charge in [-0.25, -0.2) is 5.43 Å². The molecular weight excluding hydrogens is 418 g/mol. The smallest absolute Gasteiger partial charge is 0.279 e. The molecular formula is C25H31N5O3. The van der Waals surface area contributed by atoms with Gasteiger partial charge in [-0.2, -0.15) is 5.10 Å². The van der Waals surface area contributed by atoms with Crippen molar-refractivity contribution in [2.45, 2.75) is 52.4 Å². The zero-order valence-corrected chi connectivity index (χ0v) is 20.1. The number of aromatic nitrogens is 3. The van der Waals surface area contributed by atoms with E-state index < -0.39 is 0 Å². The van der Waals surface area contributed by atoms with Crippen LogP contribution in [0.2, 0.25) is 0 Å². The summed E-state index contributed by atoms with van der Waals surface area (Å²) in [6, 6.07) is 10.8. The fourth-order valence-corrected chi connectivity index (χ4v) is 3.37. The van der Waals surface area contributed by atoms with Crippen LogP contribution in [-0.2, 0) is 10.8 Å². The molecule has 0 atom stereocenters. The van der Waals surface area contributed by atoms with Crippen LogP contribution in [0.15, 0.2) is 46.3 Å². The third-order valence-electron chi connectivity index (χ3n) is 5.19. The van der Waals surface area contributed by atoms with Crippen molar-refractivity contribution in [3.05, 3.63) is 63.4 Å². The Bertz CT molecular complexity index is 1180. The second-order valence-electron chi connectivity index (χ2n) is 9.91. The third kappa shape index (κ3) is 5.58. The lowest BCUT2D eigenvalue weighted by Crippen LogP contribution is -2.18. The van der Waals surface area contributed by atoms with E-state index in [9.17, 15) is 9.90 Å². The highest BCUT2D eigenvalue weighted by atomic mass is 16.5. The van der Waals surface area contributed by atoms with Crippen LogP contribution in [0.5, 0.6) is 11.5 Å². The maximum Gasteiger partial charge on any atom is 0.279 e. The number of hydrogen-bond acceptors (Lipinski definition) is 7. The van der Waals surface area contributed by atoms with Crippen LogP contribution in [0.1, 0.15) is 58.2 Å². The number of phenolic OH excluding ortho intramolecular Hbond substituents is 1. The van der Waals surface area contributed by atoms with Crippen molar-refractivity contribution in [2.75, 3.05) is 12.5 Å². The summed E-state index contributed by atoms with van der Waals surface area (Å²) < 4.78 is 5.13. The van der Waals surface area contributed by atoms with Gasteiger partial charge in [0.05, 0.1) is 13.3 Å². The molecule has 0 aliphatic rings. The van der Waals surface area contributed by atoms with E-state index in [0.29, 0.717) is 17.1 Å². The molecule has 0 radical (unpaired) electrons. The summed E-state index contributed by atoms with van der Waals surface area (Å²) >= 11 is 0. The fraction of sp³-hybridized carbons (Fsp3) is 0.360. The number of H-pyrrole nitrogens is 1. The molecule has 0 saturated heterocycles. The third-order valence-corrected chi connectivity index (χ3v) is 5.19. The van der Waals surface area contributed by atoms with Crippen molar-refractivity contribution >= 4 is 12.2 Å². The molecule has 3 N–H and O–H groups in total. The number of hydrogen-bond donors (Lipinski definition) is 3. The van der Waals surface area contributed by atoms with Crippen molar-refractivity contribution in [3.8, 4) is 22.8 Å². The first-order valence-electron chi connectivity index (χ1n) is 10.7. The van der Waals surface area contributed by atoms with Crippen LogP contribution in [0.3, 0.4) is 0 Å². The van der Waals surface area contributed by atoms with Gasteiger partial charge in [0, 0.05) is 16.7 Å². The van der Waals surface area contributed by atoms with Gasteiger partial charge in [0.1, 0.15) is 11.5 Å². The van der Waals surface area contributed by atoms with Gasteiger partial charge in [-0.3, -0.25) is 9.78 Å². The van der Waals surface area contributed by atoms with Gasteiger partial charge in [-0.15, -0.1) is 10.2 Å². The quantitative estimate of drug-likeness (QED) is 0.388. The highest BCUT2D eigenvalue weighted by Gasteiger charge is 2.26. The number of benzene rings is 2. The minimum absolute atomic E-state index is 0.124. The predicted octanol–water partition coefficient (Wildman–Crippen LogP) is 4.59. The second-order valence-corrected chi connectivity index (χ2v) is 9.91.